The predicted molar refractivity (Wildman–Crippen MR) is 44.3 cm³/mol. The van der Waals surface area contributed by atoms with Crippen LogP contribution in [0.25, 0.3) is 11.5 Å². The van der Waals surface area contributed by atoms with E-state index in [0.717, 1.165) is 11.5 Å². The third-order valence-corrected chi connectivity index (χ3v) is 2.07. The second-order valence-corrected chi connectivity index (χ2v) is 2.89. The Morgan fingerprint density at radius 2 is 2.46 bits per heavy atom. The van der Waals surface area contributed by atoms with Crippen LogP contribution in [0, 0.1) is 10.1 Å². The average molecular weight is 197 g/mol. The van der Waals surface area contributed by atoms with E-state index in [2.05, 4.69) is 9.59 Å². The van der Waals surface area contributed by atoms with Crippen LogP contribution in [0.15, 0.2) is 22.8 Å². The molecule has 0 unspecified atom stereocenters. The van der Waals surface area contributed by atoms with Gasteiger partial charge in [-0.05, 0) is 12.1 Å². The summed E-state index contributed by atoms with van der Waals surface area (Å²) in [6.07, 6.45) is 1.43. The molecule has 0 spiro atoms. The molecular weight excluding hydrogens is 194 g/mol. The van der Waals surface area contributed by atoms with Crippen molar-refractivity contribution in [2.24, 2.45) is 0 Å². The summed E-state index contributed by atoms with van der Waals surface area (Å²) >= 11 is 0.736. The molecule has 0 radical (unpaired) electrons. The fourth-order valence-electron chi connectivity index (χ4n) is 0.874. The third kappa shape index (κ3) is 1.29. The van der Waals surface area contributed by atoms with Crippen molar-refractivity contribution in [3.05, 3.63) is 28.5 Å². The Bertz CT molecular complexity index is 422. The molecule has 66 valence electrons. The summed E-state index contributed by atoms with van der Waals surface area (Å²) in [4.78, 5) is 9.95. The first-order valence-electron chi connectivity index (χ1n) is 3.29. The predicted octanol–water partition coefficient (Wildman–Crippen LogP) is 1.71. The monoisotopic (exact) mass is 197 g/mol. The van der Waals surface area contributed by atoms with Gasteiger partial charge in [0.05, 0.1) is 22.7 Å². The molecule has 0 saturated carbocycles. The van der Waals surface area contributed by atoms with Gasteiger partial charge in [0, 0.05) is 0 Å². The van der Waals surface area contributed by atoms with Crippen LogP contribution in [0.3, 0.4) is 0 Å². The third-order valence-electron chi connectivity index (χ3n) is 1.39. The minimum atomic E-state index is -0.525. The molecule has 0 atom stereocenters. The van der Waals surface area contributed by atoms with E-state index in [0.29, 0.717) is 5.76 Å². The highest BCUT2D eigenvalue weighted by molar-refractivity contribution is 7.09. The number of aromatic nitrogens is 2. The molecule has 0 aliphatic rings. The molecule has 2 aromatic rings. The number of rotatable bonds is 2. The summed E-state index contributed by atoms with van der Waals surface area (Å²) in [5.41, 5.74) is 0.181. The zero-order valence-electron chi connectivity index (χ0n) is 6.21. The van der Waals surface area contributed by atoms with E-state index in [1.807, 2.05) is 0 Å². The standard InChI is InChI=1S/C6H3N3O3S/c10-9(11)6-5(7-8-13-6)4-2-1-3-12-4/h1-3H. The zero-order chi connectivity index (χ0) is 9.26. The molecule has 13 heavy (non-hydrogen) atoms. The molecule has 0 aromatic carbocycles. The van der Waals surface area contributed by atoms with Gasteiger partial charge in [-0.1, -0.05) is 4.49 Å². The smallest absolute Gasteiger partial charge is 0.374 e. The van der Waals surface area contributed by atoms with Crippen LogP contribution >= 0.6 is 11.5 Å². The lowest BCUT2D eigenvalue weighted by Gasteiger charge is -1.87. The minimum Gasteiger partial charge on any atom is -0.462 e. The molecule has 2 rings (SSSR count). The van der Waals surface area contributed by atoms with Crippen molar-refractivity contribution < 1.29 is 9.34 Å². The highest BCUT2D eigenvalue weighted by atomic mass is 32.1. The number of hydrogen-bond acceptors (Lipinski definition) is 6. The molecule has 6 nitrogen and oxygen atoms in total. The molecule has 0 fully saturated rings. The van der Waals surface area contributed by atoms with E-state index in [1.165, 1.54) is 6.26 Å². The number of hydrogen-bond donors (Lipinski definition) is 0. The second kappa shape index (κ2) is 2.94. The van der Waals surface area contributed by atoms with Crippen molar-refractivity contribution in [2.45, 2.75) is 0 Å². The maximum Gasteiger partial charge on any atom is 0.374 e. The number of furan rings is 1. The summed E-state index contributed by atoms with van der Waals surface area (Å²) in [5, 5.41) is 14.0. The van der Waals surface area contributed by atoms with Crippen molar-refractivity contribution in [1.29, 1.82) is 0 Å². The van der Waals surface area contributed by atoms with Gasteiger partial charge in [0.1, 0.15) is 0 Å². The SMILES string of the molecule is O=[N+]([O-])c1snnc1-c1ccco1. The molecular formula is C6H3N3O3S. The Kier molecular flexibility index (Phi) is 1.78. The van der Waals surface area contributed by atoms with Gasteiger partial charge in [-0.25, -0.2) is 0 Å². The Balaban J connectivity index is 2.52. The van der Waals surface area contributed by atoms with Crippen molar-refractivity contribution in [2.75, 3.05) is 0 Å². The van der Waals surface area contributed by atoms with Gasteiger partial charge in [0.25, 0.3) is 0 Å². The first-order valence-corrected chi connectivity index (χ1v) is 4.07. The van der Waals surface area contributed by atoms with Crippen molar-refractivity contribution in [3.8, 4) is 11.5 Å². The summed E-state index contributed by atoms with van der Waals surface area (Å²) < 4.78 is 8.46. The molecule has 0 saturated heterocycles. The molecule has 2 heterocycles. The fraction of sp³-hybridized carbons (Fsp3) is 0. The van der Waals surface area contributed by atoms with Gasteiger partial charge in [-0.2, -0.15) is 0 Å². The van der Waals surface area contributed by atoms with Crippen LogP contribution in [0.5, 0.6) is 0 Å². The van der Waals surface area contributed by atoms with Gasteiger partial charge < -0.3 is 4.42 Å². The molecule has 0 aliphatic carbocycles. The second-order valence-electron chi connectivity index (χ2n) is 2.16. The normalized spacial score (nSPS) is 10.2. The summed E-state index contributed by atoms with van der Waals surface area (Å²) in [7, 11) is 0. The van der Waals surface area contributed by atoms with E-state index < -0.39 is 4.92 Å². The van der Waals surface area contributed by atoms with Gasteiger partial charge in [-0.15, -0.1) is 5.10 Å². The van der Waals surface area contributed by atoms with Crippen molar-refractivity contribution in [3.63, 3.8) is 0 Å². The highest BCUT2D eigenvalue weighted by Gasteiger charge is 2.22. The minimum absolute atomic E-state index is 0.102. The van der Waals surface area contributed by atoms with Crippen LogP contribution < -0.4 is 0 Å². The quantitative estimate of drug-likeness (QED) is 0.540. The molecule has 7 heteroatoms. The molecule has 2 aromatic heterocycles. The topological polar surface area (TPSA) is 82.1 Å². The van der Waals surface area contributed by atoms with Crippen LogP contribution in [0.1, 0.15) is 0 Å². The number of nitrogens with zero attached hydrogens (tertiary/aromatic N) is 3. The molecule has 0 bridgehead atoms. The van der Waals surface area contributed by atoms with Gasteiger partial charge in [0.2, 0.25) is 5.69 Å². The van der Waals surface area contributed by atoms with Crippen LogP contribution in [0.4, 0.5) is 5.00 Å². The van der Waals surface area contributed by atoms with E-state index in [4.69, 9.17) is 4.42 Å². The lowest BCUT2D eigenvalue weighted by atomic mass is 10.3. The van der Waals surface area contributed by atoms with E-state index in [1.54, 1.807) is 12.1 Å². The van der Waals surface area contributed by atoms with E-state index in [-0.39, 0.29) is 10.7 Å². The summed E-state index contributed by atoms with van der Waals surface area (Å²) in [5.74, 6) is 0.362. The van der Waals surface area contributed by atoms with Crippen molar-refractivity contribution in [1.82, 2.24) is 9.59 Å². The Morgan fingerprint density at radius 3 is 3.08 bits per heavy atom. The lowest BCUT2D eigenvalue weighted by Crippen LogP contribution is -1.86. The maximum absolute atomic E-state index is 10.5. The fourth-order valence-corrected chi connectivity index (χ4v) is 1.37. The first kappa shape index (κ1) is 7.87. The van der Waals surface area contributed by atoms with Crippen LogP contribution in [-0.4, -0.2) is 14.5 Å². The van der Waals surface area contributed by atoms with Gasteiger partial charge >= 0.3 is 5.00 Å². The highest BCUT2D eigenvalue weighted by Crippen LogP contribution is 2.30. The van der Waals surface area contributed by atoms with Gasteiger partial charge in [-0.3, -0.25) is 10.1 Å². The van der Waals surface area contributed by atoms with Crippen molar-refractivity contribution >= 4 is 16.5 Å². The van der Waals surface area contributed by atoms with E-state index in [9.17, 15) is 10.1 Å². The maximum atomic E-state index is 10.5. The van der Waals surface area contributed by atoms with Crippen LogP contribution in [-0.2, 0) is 0 Å². The number of nitro groups is 1. The summed E-state index contributed by atoms with van der Waals surface area (Å²) in [6, 6.07) is 3.24. The molecule has 0 amide bonds. The Hall–Kier alpha value is -1.76. The lowest BCUT2D eigenvalue weighted by molar-refractivity contribution is -0.379. The average Bonchev–Trinajstić information content (AvgIpc) is 2.74. The van der Waals surface area contributed by atoms with Gasteiger partial charge in [0.15, 0.2) is 5.76 Å². The zero-order valence-corrected chi connectivity index (χ0v) is 7.02. The van der Waals surface area contributed by atoms with E-state index >= 15 is 0 Å². The molecule has 0 aliphatic heterocycles. The Labute approximate surface area is 76.1 Å². The largest absolute Gasteiger partial charge is 0.462 e. The first-order chi connectivity index (χ1) is 6.29. The Morgan fingerprint density at radius 1 is 1.62 bits per heavy atom. The van der Waals surface area contributed by atoms with Crippen LogP contribution in [0.2, 0.25) is 0 Å². The molecule has 0 N–H and O–H groups in total. The summed E-state index contributed by atoms with van der Waals surface area (Å²) in [6.45, 7) is 0.